The molecule has 16 heavy (non-hydrogen) atoms. The summed E-state index contributed by atoms with van der Waals surface area (Å²) in [6.45, 7) is 11.5. The van der Waals surface area contributed by atoms with Gasteiger partial charge in [0.05, 0.1) is 0 Å². The lowest BCUT2D eigenvalue weighted by Gasteiger charge is -2.21. The van der Waals surface area contributed by atoms with E-state index in [0.29, 0.717) is 5.92 Å². The molecular weight excluding hydrogens is 200 g/mol. The van der Waals surface area contributed by atoms with Crippen LogP contribution in [0.1, 0.15) is 26.7 Å². The van der Waals surface area contributed by atoms with Gasteiger partial charge in [-0.1, -0.05) is 13.8 Å². The summed E-state index contributed by atoms with van der Waals surface area (Å²) in [4.78, 5) is 2.59. The van der Waals surface area contributed by atoms with Crippen molar-refractivity contribution in [3.05, 3.63) is 0 Å². The molecular formula is C13H28N2O. The van der Waals surface area contributed by atoms with E-state index in [1.165, 1.54) is 32.5 Å². The van der Waals surface area contributed by atoms with E-state index in [2.05, 4.69) is 24.1 Å². The van der Waals surface area contributed by atoms with Gasteiger partial charge in [0, 0.05) is 20.3 Å². The first-order valence-electron chi connectivity index (χ1n) is 6.64. The smallest absolute Gasteiger partial charge is 0.0499 e. The van der Waals surface area contributed by atoms with Crippen molar-refractivity contribution in [1.82, 2.24) is 10.2 Å². The van der Waals surface area contributed by atoms with Crippen molar-refractivity contribution < 1.29 is 4.74 Å². The van der Waals surface area contributed by atoms with E-state index in [-0.39, 0.29) is 0 Å². The molecule has 1 saturated heterocycles. The van der Waals surface area contributed by atoms with Gasteiger partial charge in [-0.15, -0.1) is 0 Å². The molecule has 2 unspecified atom stereocenters. The van der Waals surface area contributed by atoms with Gasteiger partial charge in [-0.05, 0) is 50.9 Å². The van der Waals surface area contributed by atoms with Crippen LogP contribution in [0.25, 0.3) is 0 Å². The monoisotopic (exact) mass is 228 g/mol. The second-order valence-electron chi connectivity index (χ2n) is 5.33. The highest BCUT2D eigenvalue weighted by Crippen LogP contribution is 2.09. The fourth-order valence-corrected chi connectivity index (χ4v) is 2.39. The fraction of sp³-hybridized carbons (Fsp3) is 1.00. The van der Waals surface area contributed by atoms with E-state index in [1.807, 2.05) is 0 Å². The topological polar surface area (TPSA) is 24.5 Å². The standard InChI is InChI=1S/C13H28N2O/c1-12(10-15-6-4-5-7-15)8-14-9-13(2)11-16-3/h12-14H,4-11H2,1-3H3. The van der Waals surface area contributed by atoms with Gasteiger partial charge in [-0.25, -0.2) is 0 Å². The second kappa shape index (κ2) is 8.04. The maximum absolute atomic E-state index is 5.12. The van der Waals surface area contributed by atoms with Crippen LogP contribution in [-0.2, 0) is 4.74 Å². The fourth-order valence-electron chi connectivity index (χ4n) is 2.39. The molecule has 0 aromatic carbocycles. The lowest BCUT2D eigenvalue weighted by Crippen LogP contribution is -2.33. The van der Waals surface area contributed by atoms with Crippen LogP contribution in [0.2, 0.25) is 0 Å². The Morgan fingerprint density at radius 2 is 1.75 bits per heavy atom. The molecule has 0 aromatic rings. The summed E-state index contributed by atoms with van der Waals surface area (Å²) in [5.74, 6) is 1.37. The zero-order valence-corrected chi connectivity index (χ0v) is 11.2. The van der Waals surface area contributed by atoms with Gasteiger partial charge in [0.2, 0.25) is 0 Å². The number of ether oxygens (including phenoxy) is 1. The van der Waals surface area contributed by atoms with Crippen LogP contribution in [0, 0.1) is 11.8 Å². The molecule has 1 aliphatic heterocycles. The van der Waals surface area contributed by atoms with Crippen LogP contribution in [-0.4, -0.2) is 51.3 Å². The summed E-state index contributed by atoms with van der Waals surface area (Å²) in [5.41, 5.74) is 0. The number of hydrogen-bond donors (Lipinski definition) is 1. The van der Waals surface area contributed by atoms with Crippen molar-refractivity contribution in [1.29, 1.82) is 0 Å². The summed E-state index contributed by atoms with van der Waals surface area (Å²) >= 11 is 0. The molecule has 0 amide bonds. The molecule has 2 atom stereocenters. The predicted octanol–water partition coefficient (Wildman–Crippen LogP) is 1.59. The number of nitrogens with one attached hydrogen (secondary N) is 1. The molecule has 0 saturated carbocycles. The minimum absolute atomic E-state index is 0.615. The van der Waals surface area contributed by atoms with E-state index < -0.39 is 0 Å². The van der Waals surface area contributed by atoms with Gasteiger partial charge in [0.15, 0.2) is 0 Å². The Kier molecular flexibility index (Phi) is 7.01. The van der Waals surface area contributed by atoms with Crippen LogP contribution in [0.15, 0.2) is 0 Å². The number of methoxy groups -OCH3 is 1. The van der Waals surface area contributed by atoms with Crippen molar-refractivity contribution in [2.24, 2.45) is 11.8 Å². The molecule has 0 aromatic heterocycles. The minimum atomic E-state index is 0.615. The summed E-state index contributed by atoms with van der Waals surface area (Å²) in [6.07, 6.45) is 2.79. The molecule has 3 nitrogen and oxygen atoms in total. The van der Waals surface area contributed by atoms with E-state index in [1.54, 1.807) is 7.11 Å². The van der Waals surface area contributed by atoms with Crippen LogP contribution in [0.4, 0.5) is 0 Å². The third kappa shape index (κ3) is 5.83. The highest BCUT2D eigenvalue weighted by molar-refractivity contribution is 4.70. The van der Waals surface area contributed by atoms with E-state index in [4.69, 9.17) is 4.74 Å². The van der Waals surface area contributed by atoms with Gasteiger partial charge in [0.1, 0.15) is 0 Å². The number of likely N-dealkylation sites (tertiary alicyclic amines) is 1. The van der Waals surface area contributed by atoms with E-state index in [0.717, 1.165) is 25.6 Å². The summed E-state index contributed by atoms with van der Waals surface area (Å²) in [5, 5.41) is 3.54. The SMILES string of the molecule is COCC(C)CNCC(C)CN1CCCC1. The quantitative estimate of drug-likeness (QED) is 0.683. The van der Waals surface area contributed by atoms with E-state index in [9.17, 15) is 0 Å². The lowest BCUT2D eigenvalue weighted by atomic mass is 10.1. The van der Waals surface area contributed by atoms with Crippen LogP contribution < -0.4 is 5.32 Å². The Morgan fingerprint density at radius 3 is 2.38 bits per heavy atom. The summed E-state index contributed by atoms with van der Waals surface area (Å²) in [7, 11) is 1.77. The van der Waals surface area contributed by atoms with Crippen molar-refractivity contribution in [2.75, 3.05) is 46.4 Å². The molecule has 1 heterocycles. The Bertz CT molecular complexity index is 169. The van der Waals surface area contributed by atoms with Gasteiger partial charge >= 0.3 is 0 Å². The summed E-state index contributed by atoms with van der Waals surface area (Å²) < 4.78 is 5.12. The third-order valence-electron chi connectivity index (χ3n) is 3.21. The molecule has 3 heteroatoms. The second-order valence-corrected chi connectivity index (χ2v) is 5.33. The van der Waals surface area contributed by atoms with E-state index >= 15 is 0 Å². The maximum Gasteiger partial charge on any atom is 0.0499 e. The highest BCUT2D eigenvalue weighted by atomic mass is 16.5. The highest BCUT2D eigenvalue weighted by Gasteiger charge is 2.14. The number of rotatable bonds is 8. The zero-order valence-electron chi connectivity index (χ0n) is 11.2. The lowest BCUT2D eigenvalue weighted by molar-refractivity contribution is 0.157. The van der Waals surface area contributed by atoms with Crippen molar-refractivity contribution in [3.8, 4) is 0 Å². The molecule has 0 bridgehead atoms. The Hall–Kier alpha value is -0.120. The molecule has 0 aliphatic carbocycles. The largest absolute Gasteiger partial charge is 0.384 e. The van der Waals surface area contributed by atoms with Crippen LogP contribution >= 0.6 is 0 Å². The molecule has 1 N–H and O–H groups in total. The third-order valence-corrected chi connectivity index (χ3v) is 3.21. The Labute approximate surface area is 101 Å². The molecule has 1 rings (SSSR count). The first-order valence-corrected chi connectivity index (χ1v) is 6.64. The predicted molar refractivity (Wildman–Crippen MR) is 68.7 cm³/mol. The average molecular weight is 228 g/mol. The Morgan fingerprint density at radius 1 is 1.12 bits per heavy atom. The maximum atomic E-state index is 5.12. The summed E-state index contributed by atoms with van der Waals surface area (Å²) in [6, 6.07) is 0. The van der Waals surface area contributed by atoms with Crippen LogP contribution in [0.5, 0.6) is 0 Å². The van der Waals surface area contributed by atoms with Gasteiger partial charge in [-0.3, -0.25) is 0 Å². The van der Waals surface area contributed by atoms with Crippen molar-refractivity contribution in [2.45, 2.75) is 26.7 Å². The average Bonchev–Trinajstić information content (AvgIpc) is 2.70. The first-order chi connectivity index (χ1) is 7.72. The normalized spacial score (nSPS) is 21.2. The number of hydrogen-bond acceptors (Lipinski definition) is 3. The minimum Gasteiger partial charge on any atom is -0.384 e. The van der Waals surface area contributed by atoms with Crippen molar-refractivity contribution >= 4 is 0 Å². The van der Waals surface area contributed by atoms with Crippen molar-refractivity contribution in [3.63, 3.8) is 0 Å². The molecule has 96 valence electrons. The molecule has 0 radical (unpaired) electrons. The zero-order chi connectivity index (χ0) is 11.8. The molecule has 1 aliphatic rings. The first kappa shape index (κ1) is 13.9. The molecule has 0 spiro atoms. The van der Waals surface area contributed by atoms with Crippen LogP contribution in [0.3, 0.4) is 0 Å². The Balaban J connectivity index is 1.98. The number of nitrogens with zero attached hydrogens (tertiary/aromatic N) is 1. The molecule has 1 fully saturated rings. The van der Waals surface area contributed by atoms with Gasteiger partial charge in [0.25, 0.3) is 0 Å². The van der Waals surface area contributed by atoms with Gasteiger partial charge in [-0.2, -0.15) is 0 Å². The van der Waals surface area contributed by atoms with Gasteiger partial charge < -0.3 is 15.0 Å².